The van der Waals surface area contributed by atoms with E-state index in [1.54, 1.807) is 7.05 Å². The summed E-state index contributed by atoms with van der Waals surface area (Å²) in [4.78, 5) is 3.89. The molecule has 0 aromatic rings. The third-order valence-corrected chi connectivity index (χ3v) is 1.77. The largest absolute Gasteiger partial charge is 0.385 e. The standard InChI is InChI=1S/C9H14N2/c1-8-9(5-7-10-2)4-3-6-11-8/h5,7,11H,1,3-4,6H2,2H3/b9-5-,10-7?. The molecule has 0 spiro atoms. The quantitative estimate of drug-likeness (QED) is 0.563. The molecule has 0 atom stereocenters. The zero-order valence-electron chi connectivity index (χ0n) is 6.93. The van der Waals surface area contributed by atoms with E-state index in [1.807, 2.05) is 12.3 Å². The van der Waals surface area contributed by atoms with Gasteiger partial charge in [-0.1, -0.05) is 6.58 Å². The van der Waals surface area contributed by atoms with Crippen molar-refractivity contribution >= 4 is 6.21 Å². The Morgan fingerprint density at radius 2 is 2.45 bits per heavy atom. The molecule has 0 amide bonds. The van der Waals surface area contributed by atoms with Crippen LogP contribution in [0.4, 0.5) is 0 Å². The second-order valence-corrected chi connectivity index (χ2v) is 2.61. The second kappa shape index (κ2) is 3.96. The average molecular weight is 150 g/mol. The van der Waals surface area contributed by atoms with Crippen LogP contribution in [0.2, 0.25) is 0 Å². The maximum Gasteiger partial charge on any atom is 0.0300 e. The van der Waals surface area contributed by atoms with Gasteiger partial charge in [0.1, 0.15) is 0 Å². The lowest BCUT2D eigenvalue weighted by atomic mass is 10.0. The molecular weight excluding hydrogens is 136 g/mol. The lowest BCUT2D eigenvalue weighted by molar-refractivity contribution is 0.672. The highest BCUT2D eigenvalue weighted by molar-refractivity contribution is 5.73. The second-order valence-electron chi connectivity index (χ2n) is 2.61. The van der Waals surface area contributed by atoms with E-state index in [-0.39, 0.29) is 0 Å². The molecule has 1 aliphatic rings. The van der Waals surface area contributed by atoms with Gasteiger partial charge in [-0.25, -0.2) is 0 Å². The third kappa shape index (κ3) is 2.22. The Morgan fingerprint density at radius 3 is 3.09 bits per heavy atom. The highest BCUT2D eigenvalue weighted by Crippen LogP contribution is 2.15. The van der Waals surface area contributed by atoms with Gasteiger partial charge in [-0.2, -0.15) is 0 Å². The summed E-state index contributed by atoms with van der Waals surface area (Å²) >= 11 is 0. The maximum atomic E-state index is 3.91. The molecule has 0 saturated carbocycles. The lowest BCUT2D eigenvalue weighted by Gasteiger charge is -2.18. The highest BCUT2D eigenvalue weighted by Gasteiger charge is 2.06. The van der Waals surface area contributed by atoms with Crippen molar-refractivity contribution in [2.75, 3.05) is 13.6 Å². The van der Waals surface area contributed by atoms with Crippen molar-refractivity contribution in [3.63, 3.8) is 0 Å². The van der Waals surface area contributed by atoms with Crippen molar-refractivity contribution in [2.45, 2.75) is 12.8 Å². The van der Waals surface area contributed by atoms with Crippen LogP contribution in [0, 0.1) is 0 Å². The van der Waals surface area contributed by atoms with Crippen LogP contribution >= 0.6 is 0 Å². The number of piperidine rings is 1. The first kappa shape index (κ1) is 8.05. The Balaban J connectivity index is 2.61. The van der Waals surface area contributed by atoms with Crippen molar-refractivity contribution in [2.24, 2.45) is 4.99 Å². The van der Waals surface area contributed by atoms with E-state index in [2.05, 4.69) is 16.9 Å². The van der Waals surface area contributed by atoms with Gasteiger partial charge in [-0.15, -0.1) is 0 Å². The molecule has 11 heavy (non-hydrogen) atoms. The lowest BCUT2D eigenvalue weighted by Crippen LogP contribution is -2.20. The Bertz CT molecular complexity index is 202. The fourth-order valence-corrected chi connectivity index (χ4v) is 1.13. The van der Waals surface area contributed by atoms with Crippen LogP contribution in [0.5, 0.6) is 0 Å². The summed E-state index contributed by atoms with van der Waals surface area (Å²) in [5.74, 6) is 0. The van der Waals surface area contributed by atoms with Crippen LogP contribution in [0.1, 0.15) is 12.8 Å². The summed E-state index contributed by atoms with van der Waals surface area (Å²) in [6.07, 6.45) is 6.16. The first-order chi connectivity index (χ1) is 5.34. The minimum absolute atomic E-state index is 1.05. The Labute approximate surface area is 67.7 Å². The third-order valence-electron chi connectivity index (χ3n) is 1.77. The number of aliphatic imine (C=N–C) groups is 1. The fourth-order valence-electron chi connectivity index (χ4n) is 1.13. The van der Waals surface area contributed by atoms with Gasteiger partial charge in [-0.3, -0.25) is 4.99 Å². The van der Waals surface area contributed by atoms with Crippen molar-refractivity contribution in [3.05, 3.63) is 23.9 Å². The Hall–Kier alpha value is -1.05. The molecule has 1 fully saturated rings. The van der Waals surface area contributed by atoms with Crippen LogP contribution in [-0.4, -0.2) is 19.8 Å². The Morgan fingerprint density at radius 1 is 1.64 bits per heavy atom. The maximum absolute atomic E-state index is 3.91. The van der Waals surface area contributed by atoms with E-state index in [0.717, 1.165) is 18.7 Å². The summed E-state index contributed by atoms with van der Waals surface area (Å²) in [6.45, 7) is 4.96. The zero-order chi connectivity index (χ0) is 8.10. The van der Waals surface area contributed by atoms with Gasteiger partial charge in [-0.05, 0) is 24.5 Å². The molecule has 0 aliphatic carbocycles. The molecule has 1 rings (SSSR count). The molecular formula is C9H14N2. The molecule has 0 bridgehead atoms. The van der Waals surface area contributed by atoms with E-state index in [0.29, 0.717) is 0 Å². The summed E-state index contributed by atoms with van der Waals surface area (Å²) in [5, 5.41) is 3.22. The van der Waals surface area contributed by atoms with Gasteiger partial charge in [0.2, 0.25) is 0 Å². The van der Waals surface area contributed by atoms with E-state index >= 15 is 0 Å². The summed E-state index contributed by atoms with van der Waals surface area (Å²) in [6, 6.07) is 0. The normalized spacial score (nSPS) is 22.6. The van der Waals surface area contributed by atoms with Gasteiger partial charge in [0.15, 0.2) is 0 Å². The average Bonchev–Trinajstić information content (AvgIpc) is 2.03. The zero-order valence-corrected chi connectivity index (χ0v) is 6.93. The molecule has 0 aromatic carbocycles. The molecule has 0 radical (unpaired) electrons. The van der Waals surface area contributed by atoms with Crippen LogP contribution in [0.15, 0.2) is 28.9 Å². The first-order valence-electron chi connectivity index (χ1n) is 3.89. The van der Waals surface area contributed by atoms with Crippen LogP contribution in [0.3, 0.4) is 0 Å². The molecule has 0 unspecified atom stereocenters. The smallest absolute Gasteiger partial charge is 0.0300 e. The predicted octanol–water partition coefficient (Wildman–Crippen LogP) is 1.51. The van der Waals surface area contributed by atoms with E-state index < -0.39 is 0 Å². The van der Waals surface area contributed by atoms with Crippen LogP contribution in [0.25, 0.3) is 0 Å². The molecule has 2 heteroatoms. The van der Waals surface area contributed by atoms with Crippen molar-refractivity contribution in [1.82, 2.24) is 5.32 Å². The number of allylic oxidation sites excluding steroid dienone is 2. The van der Waals surface area contributed by atoms with Gasteiger partial charge in [0.25, 0.3) is 0 Å². The van der Waals surface area contributed by atoms with Crippen molar-refractivity contribution < 1.29 is 0 Å². The molecule has 60 valence electrons. The molecule has 1 saturated heterocycles. The topological polar surface area (TPSA) is 24.4 Å². The van der Waals surface area contributed by atoms with Crippen molar-refractivity contribution in [3.8, 4) is 0 Å². The van der Waals surface area contributed by atoms with Gasteiger partial charge < -0.3 is 5.32 Å². The number of hydrogen-bond acceptors (Lipinski definition) is 2. The summed E-state index contributed by atoms with van der Waals surface area (Å²) in [5.41, 5.74) is 2.33. The molecule has 1 heterocycles. The first-order valence-corrected chi connectivity index (χ1v) is 3.89. The van der Waals surface area contributed by atoms with Gasteiger partial charge in [0.05, 0.1) is 0 Å². The molecule has 1 aliphatic heterocycles. The van der Waals surface area contributed by atoms with E-state index in [1.165, 1.54) is 12.0 Å². The van der Waals surface area contributed by atoms with Crippen molar-refractivity contribution in [1.29, 1.82) is 0 Å². The van der Waals surface area contributed by atoms with Gasteiger partial charge in [0, 0.05) is 25.5 Å². The number of rotatable bonds is 1. The number of nitrogens with zero attached hydrogens (tertiary/aromatic N) is 1. The molecule has 2 nitrogen and oxygen atoms in total. The Kier molecular flexibility index (Phi) is 2.90. The molecule has 0 aromatic heterocycles. The predicted molar refractivity (Wildman–Crippen MR) is 48.9 cm³/mol. The number of nitrogens with one attached hydrogen (secondary N) is 1. The highest BCUT2D eigenvalue weighted by atomic mass is 14.9. The molecule has 1 N–H and O–H groups in total. The van der Waals surface area contributed by atoms with E-state index in [9.17, 15) is 0 Å². The van der Waals surface area contributed by atoms with E-state index in [4.69, 9.17) is 0 Å². The monoisotopic (exact) mass is 150 g/mol. The minimum Gasteiger partial charge on any atom is -0.385 e. The summed E-state index contributed by atoms with van der Waals surface area (Å²) in [7, 11) is 1.77. The van der Waals surface area contributed by atoms with Gasteiger partial charge >= 0.3 is 0 Å². The van der Waals surface area contributed by atoms with Crippen LogP contribution in [-0.2, 0) is 0 Å². The number of hydrogen-bond donors (Lipinski definition) is 1. The van der Waals surface area contributed by atoms with Crippen LogP contribution < -0.4 is 5.32 Å². The minimum atomic E-state index is 1.05. The SMILES string of the molecule is C=C1NCCC/C1=C/C=NC. The summed E-state index contributed by atoms with van der Waals surface area (Å²) < 4.78 is 0. The fraction of sp³-hybridized carbons (Fsp3) is 0.444.